The molecule has 56 valence electrons. The van der Waals surface area contributed by atoms with Crippen LogP contribution in [0.3, 0.4) is 0 Å². The van der Waals surface area contributed by atoms with Crippen LogP contribution < -0.4 is 0 Å². The summed E-state index contributed by atoms with van der Waals surface area (Å²) in [4.78, 5) is 1.08. The van der Waals surface area contributed by atoms with Gasteiger partial charge in [0.05, 0.1) is 10.6 Å². The van der Waals surface area contributed by atoms with Crippen LogP contribution in [-0.4, -0.2) is 9.94 Å². The lowest BCUT2D eigenvalue weighted by Crippen LogP contribution is -1.87. The summed E-state index contributed by atoms with van der Waals surface area (Å²) in [5.74, 6) is 0. The zero-order chi connectivity index (χ0) is 7.68. The standard InChI is InChI=1S/C8H7NOS/c10-9-5-1-3-7(9)8-4-2-6-11-8/h1-6,10H. The van der Waals surface area contributed by atoms with Crippen molar-refractivity contribution in [3.8, 4) is 10.6 Å². The molecule has 0 radical (unpaired) electrons. The van der Waals surface area contributed by atoms with Crippen molar-refractivity contribution < 1.29 is 5.21 Å². The van der Waals surface area contributed by atoms with Crippen LogP contribution in [-0.2, 0) is 0 Å². The minimum Gasteiger partial charge on any atom is -0.428 e. The number of rotatable bonds is 1. The third kappa shape index (κ3) is 1.03. The van der Waals surface area contributed by atoms with E-state index in [0.717, 1.165) is 15.3 Å². The molecule has 1 N–H and O–H groups in total. The maximum absolute atomic E-state index is 9.25. The van der Waals surface area contributed by atoms with E-state index in [1.165, 1.54) is 0 Å². The van der Waals surface area contributed by atoms with E-state index in [4.69, 9.17) is 0 Å². The van der Waals surface area contributed by atoms with Gasteiger partial charge in [0, 0.05) is 6.20 Å². The van der Waals surface area contributed by atoms with Crippen molar-refractivity contribution in [3.05, 3.63) is 35.8 Å². The lowest BCUT2D eigenvalue weighted by atomic mass is 10.3. The van der Waals surface area contributed by atoms with E-state index >= 15 is 0 Å². The van der Waals surface area contributed by atoms with Gasteiger partial charge in [0.1, 0.15) is 0 Å². The number of aromatic nitrogens is 1. The van der Waals surface area contributed by atoms with E-state index < -0.39 is 0 Å². The van der Waals surface area contributed by atoms with E-state index in [0.29, 0.717) is 0 Å². The lowest BCUT2D eigenvalue weighted by Gasteiger charge is -1.95. The highest BCUT2D eigenvalue weighted by Gasteiger charge is 2.01. The summed E-state index contributed by atoms with van der Waals surface area (Å²) in [6.45, 7) is 0. The van der Waals surface area contributed by atoms with Gasteiger partial charge < -0.3 is 5.21 Å². The normalized spacial score (nSPS) is 10.2. The Hall–Kier alpha value is -1.22. The summed E-state index contributed by atoms with van der Waals surface area (Å²) in [6, 6.07) is 7.64. The Bertz CT molecular complexity index is 337. The molecule has 2 aromatic rings. The molecule has 0 aliphatic carbocycles. The van der Waals surface area contributed by atoms with Crippen LogP contribution in [0.4, 0.5) is 0 Å². The number of hydrogen-bond donors (Lipinski definition) is 1. The second kappa shape index (κ2) is 2.43. The van der Waals surface area contributed by atoms with Crippen LogP contribution in [0.25, 0.3) is 10.6 Å². The molecule has 0 unspecified atom stereocenters. The summed E-state index contributed by atoms with van der Waals surface area (Å²) in [7, 11) is 0. The summed E-state index contributed by atoms with van der Waals surface area (Å²) >= 11 is 1.61. The average molecular weight is 165 g/mol. The predicted molar refractivity (Wildman–Crippen MR) is 44.9 cm³/mol. The lowest BCUT2D eigenvalue weighted by molar-refractivity contribution is 0.192. The van der Waals surface area contributed by atoms with Gasteiger partial charge in [-0.05, 0) is 23.6 Å². The fraction of sp³-hybridized carbons (Fsp3) is 0. The van der Waals surface area contributed by atoms with Crippen molar-refractivity contribution >= 4 is 11.3 Å². The van der Waals surface area contributed by atoms with Crippen molar-refractivity contribution in [2.45, 2.75) is 0 Å². The van der Waals surface area contributed by atoms with E-state index in [1.54, 1.807) is 17.5 Å². The molecule has 0 atom stereocenters. The van der Waals surface area contributed by atoms with Crippen LogP contribution in [0.1, 0.15) is 0 Å². The summed E-state index contributed by atoms with van der Waals surface area (Å²) < 4.78 is 1.13. The molecule has 0 aromatic carbocycles. The third-order valence-corrected chi connectivity index (χ3v) is 2.39. The van der Waals surface area contributed by atoms with Crippen LogP contribution in [0, 0.1) is 0 Å². The van der Waals surface area contributed by atoms with E-state index in [2.05, 4.69) is 0 Å². The predicted octanol–water partition coefficient (Wildman–Crippen LogP) is 2.45. The van der Waals surface area contributed by atoms with E-state index in [-0.39, 0.29) is 0 Å². The number of thiophene rings is 1. The Balaban J connectivity index is 2.53. The molecule has 0 aliphatic heterocycles. The molecule has 2 heterocycles. The van der Waals surface area contributed by atoms with Crippen molar-refractivity contribution in [1.82, 2.24) is 4.73 Å². The van der Waals surface area contributed by atoms with E-state index in [1.807, 2.05) is 29.6 Å². The molecule has 0 saturated heterocycles. The Labute approximate surface area is 68.3 Å². The molecule has 0 aliphatic rings. The topological polar surface area (TPSA) is 25.2 Å². The van der Waals surface area contributed by atoms with Crippen LogP contribution >= 0.6 is 11.3 Å². The first kappa shape index (κ1) is 6.49. The largest absolute Gasteiger partial charge is 0.428 e. The molecule has 2 rings (SSSR count). The van der Waals surface area contributed by atoms with Gasteiger partial charge in [-0.1, -0.05) is 6.07 Å². The van der Waals surface area contributed by atoms with Gasteiger partial charge in [0.2, 0.25) is 0 Å². The average Bonchev–Trinajstić information content (AvgIpc) is 2.55. The summed E-state index contributed by atoms with van der Waals surface area (Å²) in [6.07, 6.45) is 1.62. The van der Waals surface area contributed by atoms with Crippen LogP contribution in [0.15, 0.2) is 35.8 Å². The zero-order valence-electron chi connectivity index (χ0n) is 5.77. The molecule has 0 spiro atoms. The third-order valence-electron chi connectivity index (χ3n) is 1.50. The molecule has 0 amide bonds. The molecule has 11 heavy (non-hydrogen) atoms. The van der Waals surface area contributed by atoms with Gasteiger partial charge in [0.25, 0.3) is 0 Å². The molecule has 3 heteroatoms. The molecule has 2 nitrogen and oxygen atoms in total. The number of nitrogens with zero attached hydrogens (tertiary/aromatic N) is 1. The Morgan fingerprint density at radius 2 is 2.18 bits per heavy atom. The number of hydrogen-bond acceptors (Lipinski definition) is 2. The minimum absolute atomic E-state index is 0.847. The second-order valence-corrected chi connectivity index (χ2v) is 3.16. The van der Waals surface area contributed by atoms with Crippen molar-refractivity contribution in [2.24, 2.45) is 0 Å². The first-order valence-corrected chi connectivity index (χ1v) is 4.16. The van der Waals surface area contributed by atoms with Gasteiger partial charge >= 0.3 is 0 Å². The molecule has 0 fully saturated rings. The van der Waals surface area contributed by atoms with Gasteiger partial charge in [-0.25, -0.2) is 0 Å². The molecular weight excluding hydrogens is 158 g/mol. The fourth-order valence-corrected chi connectivity index (χ4v) is 1.73. The van der Waals surface area contributed by atoms with Crippen molar-refractivity contribution in [1.29, 1.82) is 0 Å². The Morgan fingerprint density at radius 3 is 2.73 bits per heavy atom. The molecule has 2 aromatic heterocycles. The highest BCUT2D eigenvalue weighted by molar-refractivity contribution is 7.13. The van der Waals surface area contributed by atoms with Crippen LogP contribution in [0.2, 0.25) is 0 Å². The summed E-state index contributed by atoms with van der Waals surface area (Å²) in [5, 5.41) is 11.2. The molecule has 0 bridgehead atoms. The summed E-state index contributed by atoms with van der Waals surface area (Å²) in [5.41, 5.74) is 0.847. The quantitative estimate of drug-likeness (QED) is 0.645. The van der Waals surface area contributed by atoms with Crippen molar-refractivity contribution in [3.63, 3.8) is 0 Å². The maximum atomic E-state index is 9.25. The molecular formula is C8H7NOS. The van der Waals surface area contributed by atoms with Crippen LogP contribution in [0.5, 0.6) is 0 Å². The monoisotopic (exact) mass is 165 g/mol. The highest BCUT2D eigenvalue weighted by Crippen LogP contribution is 2.23. The molecule has 0 saturated carbocycles. The van der Waals surface area contributed by atoms with Gasteiger partial charge in [0.15, 0.2) is 0 Å². The smallest absolute Gasteiger partial charge is 0.0964 e. The maximum Gasteiger partial charge on any atom is 0.0964 e. The Morgan fingerprint density at radius 1 is 1.27 bits per heavy atom. The van der Waals surface area contributed by atoms with Gasteiger partial charge in [-0.3, -0.25) is 0 Å². The Kier molecular flexibility index (Phi) is 1.43. The first-order valence-electron chi connectivity index (χ1n) is 3.28. The first-order chi connectivity index (χ1) is 5.38. The second-order valence-electron chi connectivity index (χ2n) is 2.22. The highest BCUT2D eigenvalue weighted by atomic mass is 32.1. The van der Waals surface area contributed by atoms with E-state index in [9.17, 15) is 5.21 Å². The van der Waals surface area contributed by atoms with Crippen molar-refractivity contribution in [2.75, 3.05) is 0 Å². The fourth-order valence-electron chi connectivity index (χ4n) is 0.992. The van der Waals surface area contributed by atoms with Gasteiger partial charge in [-0.15, -0.1) is 11.3 Å². The SMILES string of the molecule is On1cccc1-c1cccs1. The van der Waals surface area contributed by atoms with Gasteiger partial charge in [-0.2, -0.15) is 4.73 Å². The minimum atomic E-state index is 0.847. The zero-order valence-corrected chi connectivity index (χ0v) is 6.58.